The van der Waals surface area contributed by atoms with E-state index >= 15 is 0 Å². The Hall–Kier alpha value is -3.82. The number of nitrogens with one attached hydrogen (secondary N) is 1. The van der Waals surface area contributed by atoms with Gasteiger partial charge in [0.15, 0.2) is 0 Å². The summed E-state index contributed by atoms with van der Waals surface area (Å²) in [7, 11) is 0. The smallest absolute Gasteiger partial charge is 0.345 e. The third-order valence-electron chi connectivity index (χ3n) is 4.18. The quantitative estimate of drug-likeness (QED) is 0.330. The highest BCUT2D eigenvalue weighted by atomic mass is 35.5. The summed E-state index contributed by atoms with van der Waals surface area (Å²) >= 11 is 11.8. The number of esters is 1. The van der Waals surface area contributed by atoms with Gasteiger partial charge in [-0.2, -0.15) is 0 Å². The van der Waals surface area contributed by atoms with Gasteiger partial charge in [-0.15, -0.1) is 0 Å². The van der Waals surface area contributed by atoms with E-state index in [2.05, 4.69) is 0 Å². The molecule has 0 aliphatic heterocycles. The maximum Gasteiger partial charge on any atom is 0.345 e. The Labute approximate surface area is 183 Å². The minimum absolute atomic E-state index is 0.0614. The van der Waals surface area contributed by atoms with Crippen LogP contribution < -0.4 is 16.0 Å². The van der Waals surface area contributed by atoms with E-state index in [1.54, 1.807) is 0 Å². The summed E-state index contributed by atoms with van der Waals surface area (Å²) in [6.07, 6.45) is 0. The van der Waals surface area contributed by atoms with Crippen LogP contribution in [0.3, 0.4) is 0 Å². The van der Waals surface area contributed by atoms with Crippen molar-refractivity contribution in [3.63, 3.8) is 0 Å². The first-order valence-corrected chi connectivity index (χ1v) is 9.15. The molecule has 1 aromatic heterocycles. The molecule has 158 valence electrons. The van der Waals surface area contributed by atoms with Gasteiger partial charge in [-0.1, -0.05) is 35.3 Å². The molecule has 11 heteroatoms. The number of carbonyl (C=O) groups is 3. The first kappa shape index (κ1) is 21.9. The number of benzene rings is 2. The number of hydrogen-bond acceptors (Lipinski definition) is 6. The Morgan fingerprint density at radius 3 is 2.10 bits per heavy atom. The number of nitrogens with two attached hydrogens (primary N) is 1. The zero-order valence-electron chi connectivity index (χ0n) is 15.3. The lowest BCUT2D eigenvalue weighted by Gasteiger charge is -2.12. The number of aromatic nitrogens is 1. The van der Waals surface area contributed by atoms with Crippen LogP contribution in [0.4, 0.5) is 5.82 Å². The van der Waals surface area contributed by atoms with Crippen molar-refractivity contribution in [2.75, 3.05) is 5.73 Å². The number of carbonyl (C=O) groups excluding carboxylic acids is 1. The average molecular weight is 463 g/mol. The molecule has 0 bridgehead atoms. The van der Waals surface area contributed by atoms with Crippen molar-refractivity contribution in [2.24, 2.45) is 0 Å². The molecule has 0 unspecified atom stereocenters. The Morgan fingerprint density at radius 1 is 0.935 bits per heavy atom. The molecular weight excluding hydrogens is 451 g/mol. The molecule has 0 radical (unpaired) electrons. The van der Waals surface area contributed by atoms with Crippen LogP contribution in [0.1, 0.15) is 31.1 Å². The maximum atomic E-state index is 12.3. The van der Waals surface area contributed by atoms with E-state index in [0.29, 0.717) is 5.02 Å². The zero-order chi connectivity index (χ0) is 22.9. The molecule has 0 atom stereocenters. The van der Waals surface area contributed by atoms with E-state index in [0.717, 1.165) is 0 Å². The molecule has 0 amide bonds. The number of hydrogen-bond donors (Lipinski definition) is 4. The molecule has 0 aliphatic rings. The van der Waals surface area contributed by atoms with Crippen molar-refractivity contribution in [1.82, 2.24) is 4.98 Å². The molecule has 0 aliphatic carbocycles. The van der Waals surface area contributed by atoms with Gasteiger partial charge in [-0.3, -0.25) is 4.79 Å². The first-order valence-electron chi connectivity index (χ1n) is 8.40. The van der Waals surface area contributed by atoms with Crippen LogP contribution in [0.2, 0.25) is 10.0 Å². The number of H-pyrrole nitrogens is 1. The van der Waals surface area contributed by atoms with Gasteiger partial charge in [0.1, 0.15) is 22.7 Å². The highest BCUT2D eigenvalue weighted by Gasteiger charge is 2.26. The molecule has 0 fully saturated rings. The molecule has 3 aromatic rings. The SMILES string of the molecule is Nc1[nH]c(=O)c(C(=O)O)c(-c2ccc(OC(=O)c3ccc(Cl)cc3Cl)cc2)c1C(=O)O. The Morgan fingerprint density at radius 2 is 1.55 bits per heavy atom. The van der Waals surface area contributed by atoms with Gasteiger partial charge in [0.2, 0.25) is 0 Å². The summed E-state index contributed by atoms with van der Waals surface area (Å²) in [6, 6.07) is 9.40. The molecule has 31 heavy (non-hydrogen) atoms. The van der Waals surface area contributed by atoms with Gasteiger partial charge >= 0.3 is 17.9 Å². The molecule has 9 nitrogen and oxygen atoms in total. The van der Waals surface area contributed by atoms with E-state index in [1.807, 2.05) is 4.98 Å². The fraction of sp³-hybridized carbons (Fsp3) is 0. The fourth-order valence-electron chi connectivity index (χ4n) is 2.84. The van der Waals surface area contributed by atoms with Gasteiger partial charge in [-0.25, -0.2) is 14.4 Å². The third kappa shape index (κ3) is 4.37. The van der Waals surface area contributed by atoms with Crippen molar-refractivity contribution in [3.8, 4) is 16.9 Å². The lowest BCUT2D eigenvalue weighted by atomic mass is 9.95. The van der Waals surface area contributed by atoms with Crippen molar-refractivity contribution < 1.29 is 29.3 Å². The van der Waals surface area contributed by atoms with E-state index in [9.17, 15) is 29.4 Å². The van der Waals surface area contributed by atoms with Crippen LogP contribution in [0, 0.1) is 0 Å². The second kappa shape index (κ2) is 8.50. The second-order valence-electron chi connectivity index (χ2n) is 6.14. The number of aromatic amines is 1. The summed E-state index contributed by atoms with van der Waals surface area (Å²) in [4.78, 5) is 49.6. The summed E-state index contributed by atoms with van der Waals surface area (Å²) in [5.74, 6) is -4.37. The number of halogens is 2. The molecule has 3 rings (SSSR count). The van der Waals surface area contributed by atoms with Crippen molar-refractivity contribution in [2.45, 2.75) is 0 Å². The first-order chi connectivity index (χ1) is 14.6. The predicted molar refractivity (Wildman–Crippen MR) is 112 cm³/mol. The van der Waals surface area contributed by atoms with Crippen molar-refractivity contribution in [1.29, 1.82) is 0 Å². The van der Waals surface area contributed by atoms with Crippen molar-refractivity contribution in [3.05, 3.63) is 79.6 Å². The molecule has 0 saturated heterocycles. The third-order valence-corrected chi connectivity index (χ3v) is 4.72. The zero-order valence-corrected chi connectivity index (χ0v) is 16.8. The van der Waals surface area contributed by atoms with Gasteiger partial charge in [0.05, 0.1) is 10.6 Å². The Kier molecular flexibility index (Phi) is 6.00. The fourth-order valence-corrected chi connectivity index (χ4v) is 3.33. The number of anilines is 1. The van der Waals surface area contributed by atoms with Gasteiger partial charge in [0.25, 0.3) is 5.56 Å². The Bertz CT molecular complexity index is 1280. The number of aromatic carboxylic acids is 2. The standard InChI is InChI=1S/C20H12Cl2N2O7/c21-9-3-6-11(12(22)7-9)20(30)31-10-4-1-8(2-5-10)13-14(18(26)27)16(23)24-17(25)15(13)19(28)29/h1-7H,(H,26,27)(H,28,29)(H3,23,24,25). The van der Waals surface area contributed by atoms with Crippen LogP contribution in [0.15, 0.2) is 47.3 Å². The van der Waals surface area contributed by atoms with E-state index in [4.69, 9.17) is 33.7 Å². The lowest BCUT2D eigenvalue weighted by molar-refractivity contribution is 0.0693. The minimum atomic E-state index is -1.63. The molecule has 2 aromatic carbocycles. The minimum Gasteiger partial charge on any atom is -0.478 e. The van der Waals surface area contributed by atoms with Gasteiger partial charge in [0, 0.05) is 10.6 Å². The molecular formula is C20H12Cl2N2O7. The monoisotopic (exact) mass is 462 g/mol. The van der Waals surface area contributed by atoms with Crippen LogP contribution in [0.25, 0.3) is 11.1 Å². The van der Waals surface area contributed by atoms with Crippen LogP contribution >= 0.6 is 23.2 Å². The summed E-state index contributed by atoms with van der Waals surface area (Å²) in [5, 5.41) is 19.3. The highest BCUT2D eigenvalue weighted by Crippen LogP contribution is 2.31. The summed E-state index contributed by atoms with van der Waals surface area (Å²) in [6.45, 7) is 0. The number of rotatable bonds is 5. The van der Waals surface area contributed by atoms with Gasteiger partial charge in [-0.05, 0) is 35.9 Å². The highest BCUT2D eigenvalue weighted by molar-refractivity contribution is 6.36. The normalized spacial score (nSPS) is 10.5. The molecule has 1 heterocycles. The van der Waals surface area contributed by atoms with Crippen LogP contribution in [-0.2, 0) is 0 Å². The lowest BCUT2D eigenvalue weighted by Crippen LogP contribution is -2.24. The van der Waals surface area contributed by atoms with E-state index < -0.39 is 40.4 Å². The summed E-state index contributed by atoms with van der Waals surface area (Å²) in [5.41, 5.74) is 2.93. The van der Waals surface area contributed by atoms with Crippen molar-refractivity contribution >= 4 is 46.9 Å². The molecule has 0 spiro atoms. The maximum absolute atomic E-state index is 12.3. The number of ether oxygens (including phenoxy) is 1. The summed E-state index contributed by atoms with van der Waals surface area (Å²) < 4.78 is 5.22. The second-order valence-corrected chi connectivity index (χ2v) is 6.98. The predicted octanol–water partition coefficient (Wildman–Crippen LogP) is 3.55. The topological polar surface area (TPSA) is 160 Å². The average Bonchev–Trinajstić information content (AvgIpc) is 2.67. The largest absolute Gasteiger partial charge is 0.478 e. The number of carboxylic acid groups (broad SMARTS) is 2. The van der Waals surface area contributed by atoms with Crippen LogP contribution in [-0.4, -0.2) is 33.1 Å². The van der Waals surface area contributed by atoms with E-state index in [1.165, 1.54) is 42.5 Å². The van der Waals surface area contributed by atoms with Crippen LogP contribution in [0.5, 0.6) is 5.75 Å². The number of pyridine rings is 1. The number of carboxylic acids is 2. The molecule has 5 N–H and O–H groups in total. The van der Waals surface area contributed by atoms with E-state index in [-0.39, 0.29) is 27.5 Å². The number of nitrogen functional groups attached to an aromatic ring is 1. The molecule has 0 saturated carbocycles. The van der Waals surface area contributed by atoms with Gasteiger partial charge < -0.3 is 25.7 Å². The Balaban J connectivity index is 2.02.